The Hall–Kier alpha value is -2.26. The Morgan fingerprint density at radius 1 is 1.53 bits per heavy atom. The molecule has 1 rings (SSSR count). The van der Waals surface area contributed by atoms with Crippen molar-refractivity contribution >= 4 is 12.0 Å². The fraction of sp³-hybridized carbons (Fsp3) is 0.250. The zero-order chi connectivity index (χ0) is 12.5. The summed E-state index contributed by atoms with van der Waals surface area (Å²) < 4.78 is 0. The number of carboxylic acids is 1. The Morgan fingerprint density at radius 3 is 3.06 bits per heavy atom. The van der Waals surface area contributed by atoms with Gasteiger partial charge >= 0.3 is 5.97 Å². The Kier molecular flexibility index (Phi) is 5.34. The smallest absolute Gasteiger partial charge is 0.303 e. The molecule has 0 radical (unpaired) electrons. The molecule has 1 aromatic carbocycles. The maximum atomic E-state index is 10.4. The lowest BCUT2D eigenvalue weighted by molar-refractivity contribution is -0.136. The molecule has 5 nitrogen and oxygen atoms in total. The second-order valence-electron chi connectivity index (χ2n) is 3.45. The lowest BCUT2D eigenvalue weighted by Gasteiger charge is -2.00. The van der Waals surface area contributed by atoms with Gasteiger partial charge in [0.1, 0.15) is 0 Å². The third kappa shape index (κ3) is 5.39. The molecule has 0 aliphatic carbocycles. The van der Waals surface area contributed by atoms with Gasteiger partial charge in [-0.3, -0.25) is 4.79 Å². The van der Waals surface area contributed by atoms with E-state index in [-0.39, 0.29) is 6.42 Å². The molecule has 1 N–H and O–H groups in total. The fourth-order valence-corrected chi connectivity index (χ4v) is 1.38. The molecule has 1 aromatic rings. The quantitative estimate of drug-likeness (QED) is 0.463. The zero-order valence-electron chi connectivity index (χ0n) is 9.28. The fourth-order valence-electron chi connectivity index (χ4n) is 1.38. The lowest BCUT2D eigenvalue weighted by atomic mass is 10.1. The summed E-state index contributed by atoms with van der Waals surface area (Å²) in [7, 11) is 0. The van der Waals surface area contributed by atoms with Crippen molar-refractivity contribution in [1.29, 1.82) is 0 Å². The van der Waals surface area contributed by atoms with Gasteiger partial charge in [-0.25, -0.2) is 0 Å². The van der Waals surface area contributed by atoms with Gasteiger partial charge in [-0.1, -0.05) is 41.5 Å². The van der Waals surface area contributed by atoms with Crippen molar-refractivity contribution < 1.29 is 9.90 Å². The molecule has 17 heavy (non-hydrogen) atoms. The van der Waals surface area contributed by atoms with Gasteiger partial charge in [-0.2, -0.15) is 0 Å². The van der Waals surface area contributed by atoms with Gasteiger partial charge in [0.15, 0.2) is 0 Å². The van der Waals surface area contributed by atoms with E-state index < -0.39 is 5.97 Å². The molecular formula is C12H13N3O2. The molecule has 88 valence electrons. The summed E-state index contributed by atoms with van der Waals surface area (Å²) in [6.07, 6.45) is 4.26. The van der Waals surface area contributed by atoms with Crippen LogP contribution in [-0.4, -0.2) is 17.6 Å². The van der Waals surface area contributed by atoms with E-state index in [1.807, 2.05) is 30.3 Å². The molecule has 5 heteroatoms. The number of hydrogen-bond acceptors (Lipinski definition) is 2. The number of hydrogen-bond donors (Lipinski definition) is 1. The number of carboxylic acid groups (broad SMARTS) is 1. The Balaban J connectivity index is 2.61. The monoisotopic (exact) mass is 231 g/mol. The van der Waals surface area contributed by atoms with Crippen molar-refractivity contribution in [3.05, 3.63) is 51.9 Å². The van der Waals surface area contributed by atoms with Crippen molar-refractivity contribution in [2.45, 2.75) is 12.8 Å². The van der Waals surface area contributed by atoms with Gasteiger partial charge in [0.2, 0.25) is 0 Å². The topological polar surface area (TPSA) is 86.1 Å². The number of nitrogens with zero attached hydrogens (tertiary/aromatic N) is 3. The first-order valence-corrected chi connectivity index (χ1v) is 5.20. The van der Waals surface area contributed by atoms with Crippen LogP contribution in [0.3, 0.4) is 0 Å². The standard InChI is InChI=1S/C12H13N3O2/c13-15-14-8-2-5-10-3-1-4-11(9-10)6-7-12(16)17/h1-5,9H,6-8H2,(H,16,17). The van der Waals surface area contributed by atoms with Crippen molar-refractivity contribution in [2.24, 2.45) is 5.11 Å². The molecule has 0 saturated carbocycles. The summed E-state index contributed by atoms with van der Waals surface area (Å²) in [5.74, 6) is -0.797. The van der Waals surface area contributed by atoms with Crippen molar-refractivity contribution in [1.82, 2.24) is 0 Å². The normalized spacial score (nSPS) is 10.1. The number of carbonyl (C=O) groups is 1. The van der Waals surface area contributed by atoms with Crippen LogP contribution in [-0.2, 0) is 11.2 Å². The first-order valence-electron chi connectivity index (χ1n) is 5.20. The van der Waals surface area contributed by atoms with E-state index in [1.54, 1.807) is 6.08 Å². The lowest BCUT2D eigenvalue weighted by Crippen LogP contribution is -1.97. The maximum absolute atomic E-state index is 10.4. The SMILES string of the molecule is [N-]=[N+]=NCC=Cc1cccc(CCC(=O)O)c1. The van der Waals surface area contributed by atoms with Crippen molar-refractivity contribution in [2.75, 3.05) is 6.54 Å². The van der Waals surface area contributed by atoms with E-state index in [2.05, 4.69) is 10.0 Å². The van der Waals surface area contributed by atoms with E-state index in [0.29, 0.717) is 13.0 Å². The van der Waals surface area contributed by atoms with Crippen LogP contribution in [0.1, 0.15) is 17.5 Å². The molecule has 0 aromatic heterocycles. The summed E-state index contributed by atoms with van der Waals surface area (Å²) in [6.45, 7) is 0.315. The number of benzene rings is 1. The van der Waals surface area contributed by atoms with E-state index in [4.69, 9.17) is 10.6 Å². The summed E-state index contributed by atoms with van der Waals surface area (Å²) in [4.78, 5) is 13.1. The van der Waals surface area contributed by atoms with Crippen LogP contribution in [0.4, 0.5) is 0 Å². The minimum Gasteiger partial charge on any atom is -0.481 e. The Morgan fingerprint density at radius 2 is 2.35 bits per heavy atom. The molecule has 0 fully saturated rings. The van der Waals surface area contributed by atoms with Gasteiger partial charge in [0, 0.05) is 17.9 Å². The predicted molar refractivity (Wildman–Crippen MR) is 65.4 cm³/mol. The highest BCUT2D eigenvalue weighted by Crippen LogP contribution is 2.09. The van der Waals surface area contributed by atoms with Gasteiger partial charge in [-0.05, 0) is 23.1 Å². The highest BCUT2D eigenvalue weighted by Gasteiger charge is 1.98. The van der Waals surface area contributed by atoms with Gasteiger partial charge in [0.05, 0.1) is 0 Å². The second kappa shape index (κ2) is 7.09. The highest BCUT2D eigenvalue weighted by molar-refractivity contribution is 5.67. The van der Waals surface area contributed by atoms with E-state index in [0.717, 1.165) is 11.1 Å². The number of azide groups is 1. The molecule has 0 saturated heterocycles. The summed E-state index contributed by atoms with van der Waals surface area (Å²) in [5, 5.41) is 12.0. The first-order chi connectivity index (χ1) is 8.22. The number of aryl methyl sites for hydroxylation is 1. The van der Waals surface area contributed by atoms with E-state index in [1.165, 1.54) is 0 Å². The Bertz CT molecular complexity index is 463. The van der Waals surface area contributed by atoms with Gasteiger partial charge in [0.25, 0.3) is 0 Å². The maximum Gasteiger partial charge on any atom is 0.303 e. The van der Waals surface area contributed by atoms with Crippen molar-refractivity contribution in [3.63, 3.8) is 0 Å². The third-order valence-corrected chi connectivity index (χ3v) is 2.14. The molecular weight excluding hydrogens is 218 g/mol. The predicted octanol–water partition coefficient (Wildman–Crippen LogP) is 3.03. The molecule has 0 bridgehead atoms. The van der Waals surface area contributed by atoms with Crippen LogP contribution in [0.2, 0.25) is 0 Å². The molecule has 0 heterocycles. The van der Waals surface area contributed by atoms with Crippen molar-refractivity contribution in [3.8, 4) is 0 Å². The van der Waals surface area contributed by atoms with Crippen LogP contribution in [0, 0.1) is 0 Å². The van der Waals surface area contributed by atoms with E-state index >= 15 is 0 Å². The Labute approximate surface area is 99.0 Å². The van der Waals surface area contributed by atoms with Crippen LogP contribution >= 0.6 is 0 Å². The van der Waals surface area contributed by atoms with Gasteiger partial charge < -0.3 is 5.11 Å². The molecule has 0 aliphatic heterocycles. The highest BCUT2D eigenvalue weighted by atomic mass is 16.4. The van der Waals surface area contributed by atoms with Crippen LogP contribution < -0.4 is 0 Å². The van der Waals surface area contributed by atoms with Crippen LogP contribution in [0.25, 0.3) is 16.5 Å². The summed E-state index contributed by atoms with van der Waals surface area (Å²) in [5.41, 5.74) is 10.1. The first kappa shape index (κ1) is 12.8. The largest absolute Gasteiger partial charge is 0.481 e. The third-order valence-electron chi connectivity index (χ3n) is 2.14. The average Bonchev–Trinajstić information content (AvgIpc) is 2.33. The summed E-state index contributed by atoms with van der Waals surface area (Å²) in [6, 6.07) is 7.62. The molecule has 0 aliphatic rings. The minimum absolute atomic E-state index is 0.131. The average molecular weight is 231 g/mol. The minimum atomic E-state index is -0.797. The summed E-state index contributed by atoms with van der Waals surface area (Å²) >= 11 is 0. The zero-order valence-corrected chi connectivity index (χ0v) is 9.28. The molecule has 0 atom stereocenters. The van der Waals surface area contributed by atoms with Crippen LogP contribution in [0.15, 0.2) is 35.5 Å². The number of rotatable bonds is 6. The van der Waals surface area contributed by atoms with Gasteiger partial charge in [-0.15, -0.1) is 0 Å². The molecule has 0 amide bonds. The van der Waals surface area contributed by atoms with Crippen LogP contribution in [0.5, 0.6) is 0 Å². The van der Waals surface area contributed by atoms with E-state index in [9.17, 15) is 4.79 Å². The number of aliphatic carboxylic acids is 1. The molecule has 0 spiro atoms. The second-order valence-corrected chi connectivity index (χ2v) is 3.45. The molecule has 0 unspecified atom stereocenters.